The lowest BCUT2D eigenvalue weighted by molar-refractivity contribution is 0.112. The maximum absolute atomic E-state index is 11.0. The Morgan fingerprint density at radius 2 is 2.30 bits per heavy atom. The van der Waals surface area contributed by atoms with E-state index in [0.29, 0.717) is 23.1 Å². The molecule has 0 radical (unpaired) electrons. The molecule has 0 bridgehead atoms. The summed E-state index contributed by atoms with van der Waals surface area (Å²) in [5, 5.41) is 20.2. The van der Waals surface area contributed by atoms with Crippen LogP contribution in [0.25, 0.3) is 0 Å². The number of aliphatic hydroxyl groups is 1. The van der Waals surface area contributed by atoms with Gasteiger partial charge in [-0.05, 0) is 15.9 Å². The van der Waals surface area contributed by atoms with Crippen molar-refractivity contribution >= 4 is 34.0 Å². The highest BCUT2D eigenvalue weighted by molar-refractivity contribution is 9.10. The Hall–Kier alpha value is -1.67. The van der Waals surface area contributed by atoms with Crippen LogP contribution >= 0.6 is 15.9 Å². The van der Waals surface area contributed by atoms with E-state index in [2.05, 4.69) is 26.2 Å². The minimum absolute atomic E-state index is 0.00988. The molecule has 8 heteroatoms. The summed E-state index contributed by atoms with van der Waals surface area (Å²) < 4.78 is 0.715. The van der Waals surface area contributed by atoms with Crippen LogP contribution in [0, 0.1) is 5.92 Å². The van der Waals surface area contributed by atoms with Gasteiger partial charge in [-0.1, -0.05) is 0 Å². The van der Waals surface area contributed by atoms with Crippen LogP contribution < -0.4 is 10.2 Å². The van der Waals surface area contributed by atoms with Crippen LogP contribution in [0.3, 0.4) is 0 Å². The summed E-state index contributed by atoms with van der Waals surface area (Å²) >= 11 is 3.36. The van der Waals surface area contributed by atoms with E-state index >= 15 is 0 Å². The van der Waals surface area contributed by atoms with E-state index < -0.39 is 12.1 Å². The average Bonchev–Trinajstić information content (AvgIpc) is 2.36. The monoisotopic (exact) mass is 343 g/mol. The number of nitrogens with zero attached hydrogens (tertiary/aromatic N) is 2. The van der Waals surface area contributed by atoms with Crippen molar-refractivity contribution in [2.75, 3.05) is 24.6 Å². The number of rotatable bonds is 5. The van der Waals surface area contributed by atoms with Crippen molar-refractivity contribution in [3.8, 4) is 0 Å². The number of aldehydes is 1. The fourth-order valence-corrected chi connectivity index (χ4v) is 2.88. The van der Waals surface area contributed by atoms with Crippen LogP contribution in [0.4, 0.5) is 10.5 Å². The molecule has 1 aliphatic rings. The lowest BCUT2D eigenvalue weighted by atomic mass is 9.91. The van der Waals surface area contributed by atoms with E-state index in [1.807, 2.05) is 4.90 Å². The predicted octanol–water partition coefficient (Wildman–Crippen LogP) is 0.721. The molecule has 1 saturated heterocycles. The summed E-state index contributed by atoms with van der Waals surface area (Å²) in [5.41, 5.74) is 1.22. The lowest BCUT2D eigenvalue weighted by Gasteiger charge is -2.45. The van der Waals surface area contributed by atoms with Gasteiger partial charge in [-0.15, -0.1) is 0 Å². The molecule has 1 aromatic heterocycles. The average molecular weight is 344 g/mol. The highest BCUT2D eigenvalue weighted by atomic mass is 79.9. The number of aromatic nitrogens is 1. The molecule has 20 heavy (non-hydrogen) atoms. The zero-order valence-corrected chi connectivity index (χ0v) is 12.1. The van der Waals surface area contributed by atoms with E-state index in [0.717, 1.165) is 12.0 Å². The number of pyridine rings is 1. The van der Waals surface area contributed by atoms with Crippen molar-refractivity contribution in [1.82, 2.24) is 10.3 Å². The number of anilines is 1. The second-order valence-corrected chi connectivity index (χ2v) is 5.43. The molecule has 1 amide bonds. The van der Waals surface area contributed by atoms with E-state index in [1.54, 1.807) is 6.20 Å². The maximum Gasteiger partial charge on any atom is 0.404 e. The third-order valence-electron chi connectivity index (χ3n) is 3.33. The molecule has 0 spiro atoms. The molecule has 1 aromatic rings. The molecule has 1 unspecified atom stereocenters. The summed E-state index contributed by atoms with van der Waals surface area (Å²) in [6.07, 6.45) is 2.68. The van der Waals surface area contributed by atoms with E-state index in [-0.39, 0.29) is 12.5 Å². The number of carbonyl (C=O) groups excluding carboxylic acids is 1. The third kappa shape index (κ3) is 2.91. The fourth-order valence-electron chi connectivity index (χ4n) is 2.28. The molecule has 7 nitrogen and oxygen atoms in total. The van der Waals surface area contributed by atoms with E-state index in [4.69, 9.17) is 5.11 Å². The minimum atomic E-state index is -1.15. The molecule has 2 heterocycles. The van der Waals surface area contributed by atoms with E-state index in [9.17, 15) is 14.7 Å². The number of halogens is 1. The van der Waals surface area contributed by atoms with Gasteiger partial charge in [0.25, 0.3) is 0 Å². The number of nitrogens with one attached hydrogen (secondary N) is 1. The first-order chi connectivity index (χ1) is 9.56. The molecule has 3 N–H and O–H groups in total. The van der Waals surface area contributed by atoms with Crippen LogP contribution in [0.5, 0.6) is 0 Å². The second kappa shape index (κ2) is 6.19. The highest BCUT2D eigenvalue weighted by Gasteiger charge is 2.35. The number of aliphatic hydroxyl groups excluding tert-OH is 1. The van der Waals surface area contributed by atoms with Crippen LogP contribution in [0.15, 0.2) is 16.9 Å². The second-order valence-electron chi connectivity index (χ2n) is 4.58. The molecule has 1 fully saturated rings. The Kier molecular flexibility index (Phi) is 4.56. The number of amides is 1. The van der Waals surface area contributed by atoms with Crippen LogP contribution in [0.2, 0.25) is 0 Å². The first-order valence-electron chi connectivity index (χ1n) is 6.00. The molecule has 108 valence electrons. The standard InChI is InChI=1S/C12H14BrN3O4/c13-9-2-14-1-7(5-17)11(9)16-3-8(4-16)10(6-18)15-12(19)20/h1-2,5,8,10,15,18H,3-4,6H2,(H,19,20). The summed E-state index contributed by atoms with van der Waals surface area (Å²) in [6, 6.07) is -0.496. The molecular formula is C12H14BrN3O4. The highest BCUT2D eigenvalue weighted by Crippen LogP contribution is 2.34. The molecular weight excluding hydrogens is 330 g/mol. The third-order valence-corrected chi connectivity index (χ3v) is 3.91. The maximum atomic E-state index is 11.0. The predicted molar refractivity (Wildman–Crippen MR) is 75.1 cm³/mol. The molecule has 1 atom stereocenters. The fraction of sp³-hybridized carbons (Fsp3) is 0.417. The number of carboxylic acid groups (broad SMARTS) is 1. The topological polar surface area (TPSA) is 103 Å². The Bertz CT molecular complexity index is 519. The largest absolute Gasteiger partial charge is 0.465 e. The number of hydrogen-bond acceptors (Lipinski definition) is 5. The Balaban J connectivity index is 2.06. The van der Waals surface area contributed by atoms with Crippen molar-refractivity contribution in [2.45, 2.75) is 6.04 Å². The Morgan fingerprint density at radius 3 is 2.85 bits per heavy atom. The van der Waals surface area contributed by atoms with Crippen LogP contribution in [-0.4, -0.2) is 53.3 Å². The van der Waals surface area contributed by atoms with Gasteiger partial charge in [0.15, 0.2) is 6.29 Å². The van der Waals surface area contributed by atoms with Crippen molar-refractivity contribution < 1.29 is 19.8 Å². The summed E-state index contributed by atoms with van der Waals surface area (Å²) in [5.74, 6) is 0.00988. The van der Waals surface area contributed by atoms with Crippen molar-refractivity contribution in [3.05, 3.63) is 22.4 Å². The molecule has 0 aromatic carbocycles. The van der Waals surface area contributed by atoms with Gasteiger partial charge in [-0.25, -0.2) is 4.79 Å². The first kappa shape index (κ1) is 14.7. The molecule has 0 saturated carbocycles. The van der Waals surface area contributed by atoms with Crippen molar-refractivity contribution in [3.63, 3.8) is 0 Å². The van der Waals surface area contributed by atoms with Gasteiger partial charge in [0.05, 0.1) is 28.4 Å². The van der Waals surface area contributed by atoms with Gasteiger partial charge < -0.3 is 20.4 Å². The zero-order chi connectivity index (χ0) is 14.7. The lowest BCUT2D eigenvalue weighted by Crippen LogP contribution is -2.58. The van der Waals surface area contributed by atoms with Crippen LogP contribution in [0.1, 0.15) is 10.4 Å². The van der Waals surface area contributed by atoms with Gasteiger partial charge >= 0.3 is 6.09 Å². The van der Waals surface area contributed by atoms with Gasteiger partial charge in [-0.2, -0.15) is 0 Å². The molecule has 2 rings (SSSR count). The van der Waals surface area contributed by atoms with Crippen molar-refractivity contribution in [2.24, 2.45) is 5.92 Å². The SMILES string of the molecule is O=Cc1cncc(Br)c1N1CC(C(CO)NC(=O)O)C1. The Morgan fingerprint density at radius 1 is 1.60 bits per heavy atom. The summed E-state index contributed by atoms with van der Waals surface area (Å²) in [4.78, 5) is 27.5. The van der Waals surface area contributed by atoms with Crippen molar-refractivity contribution in [1.29, 1.82) is 0 Å². The minimum Gasteiger partial charge on any atom is -0.465 e. The van der Waals surface area contributed by atoms with E-state index in [1.165, 1.54) is 6.20 Å². The number of hydrogen-bond donors (Lipinski definition) is 3. The van der Waals surface area contributed by atoms with Gasteiger partial charge in [0.2, 0.25) is 0 Å². The summed E-state index contributed by atoms with van der Waals surface area (Å²) in [7, 11) is 0. The Labute approximate surface area is 123 Å². The van der Waals surface area contributed by atoms with Gasteiger partial charge in [-0.3, -0.25) is 9.78 Å². The van der Waals surface area contributed by atoms with Gasteiger partial charge in [0.1, 0.15) is 0 Å². The van der Waals surface area contributed by atoms with Gasteiger partial charge in [0, 0.05) is 31.4 Å². The smallest absolute Gasteiger partial charge is 0.404 e. The molecule has 1 aliphatic heterocycles. The normalized spacial score (nSPS) is 16.4. The van der Waals surface area contributed by atoms with Crippen LogP contribution in [-0.2, 0) is 0 Å². The number of carbonyl (C=O) groups is 2. The first-order valence-corrected chi connectivity index (χ1v) is 6.80. The molecule has 0 aliphatic carbocycles. The summed E-state index contributed by atoms with van der Waals surface area (Å²) in [6.45, 7) is 0.882. The zero-order valence-electron chi connectivity index (χ0n) is 10.5. The quantitative estimate of drug-likeness (QED) is 0.681.